The molecule has 2 aromatic rings. The van der Waals surface area contributed by atoms with Crippen LogP contribution in [0, 0.1) is 10.1 Å². The van der Waals surface area contributed by atoms with Gasteiger partial charge in [0, 0.05) is 17.6 Å². The minimum absolute atomic E-state index is 0.0614. The number of hydrogen-bond acceptors (Lipinski definition) is 3. The summed E-state index contributed by atoms with van der Waals surface area (Å²) in [5.41, 5.74) is 1.97. The molecular weight excluding hydrogens is 220 g/mol. The van der Waals surface area contributed by atoms with Crippen LogP contribution in [0.5, 0.6) is 5.75 Å². The van der Waals surface area contributed by atoms with E-state index in [-0.39, 0.29) is 5.69 Å². The highest BCUT2D eigenvalue weighted by atomic mass is 16.6. The van der Waals surface area contributed by atoms with Crippen LogP contribution in [0.15, 0.2) is 18.3 Å². The maximum absolute atomic E-state index is 10.8. The summed E-state index contributed by atoms with van der Waals surface area (Å²) in [5, 5.41) is 11.7. The fourth-order valence-electron chi connectivity index (χ4n) is 1.98. The molecule has 5 nitrogen and oxygen atoms in total. The van der Waals surface area contributed by atoms with Crippen LogP contribution < -0.4 is 4.74 Å². The molecule has 0 aliphatic heterocycles. The van der Waals surface area contributed by atoms with Gasteiger partial charge in [-0.15, -0.1) is 0 Å². The Morgan fingerprint density at radius 1 is 1.47 bits per heavy atom. The molecule has 0 atom stereocenters. The summed E-state index contributed by atoms with van der Waals surface area (Å²) >= 11 is 0. The molecule has 0 bridgehead atoms. The molecule has 5 heteroatoms. The first kappa shape index (κ1) is 11.4. The first-order chi connectivity index (χ1) is 8.17. The van der Waals surface area contributed by atoms with Crippen molar-refractivity contribution in [3.05, 3.63) is 34.0 Å². The lowest BCUT2D eigenvalue weighted by Gasteiger charge is -2.02. The summed E-state index contributed by atoms with van der Waals surface area (Å²) in [6, 6.07) is 3.04. The van der Waals surface area contributed by atoms with E-state index >= 15 is 0 Å². The largest absolute Gasteiger partial charge is 0.494 e. The Morgan fingerprint density at radius 2 is 2.24 bits per heavy atom. The Kier molecular flexibility index (Phi) is 2.99. The van der Waals surface area contributed by atoms with Gasteiger partial charge in [0.2, 0.25) is 0 Å². The average Bonchev–Trinajstić information content (AvgIpc) is 2.72. The number of ether oxygens (including phenoxy) is 1. The van der Waals surface area contributed by atoms with Crippen LogP contribution in [0.2, 0.25) is 0 Å². The number of H-pyrrole nitrogens is 1. The molecule has 1 aromatic heterocycles. The Bertz CT molecular complexity index is 560. The molecule has 2 rings (SSSR count). The highest BCUT2D eigenvalue weighted by molar-refractivity contribution is 5.90. The van der Waals surface area contributed by atoms with Crippen molar-refractivity contribution in [3.63, 3.8) is 0 Å². The third-order valence-electron chi connectivity index (χ3n) is 2.77. The van der Waals surface area contributed by atoms with Gasteiger partial charge in [-0.3, -0.25) is 10.1 Å². The highest BCUT2D eigenvalue weighted by Gasteiger charge is 2.15. The lowest BCUT2D eigenvalue weighted by atomic mass is 10.1. The van der Waals surface area contributed by atoms with Crippen LogP contribution >= 0.6 is 0 Å². The van der Waals surface area contributed by atoms with Crippen molar-refractivity contribution in [2.75, 3.05) is 7.11 Å². The zero-order chi connectivity index (χ0) is 12.4. The quantitative estimate of drug-likeness (QED) is 0.653. The van der Waals surface area contributed by atoms with Gasteiger partial charge >= 0.3 is 0 Å². The van der Waals surface area contributed by atoms with E-state index in [1.165, 1.54) is 13.2 Å². The monoisotopic (exact) mass is 234 g/mol. The molecular formula is C12H14N2O3. The SMILES string of the molecule is CCCc1c[nH]c2c(OC)cc([N+](=O)[O-])cc12. The smallest absolute Gasteiger partial charge is 0.273 e. The molecule has 0 spiro atoms. The number of nitrogens with one attached hydrogen (secondary N) is 1. The van der Waals surface area contributed by atoms with Crippen molar-refractivity contribution in [2.24, 2.45) is 0 Å². The van der Waals surface area contributed by atoms with Crippen molar-refractivity contribution in [1.29, 1.82) is 0 Å². The van der Waals surface area contributed by atoms with E-state index in [4.69, 9.17) is 4.74 Å². The van der Waals surface area contributed by atoms with E-state index in [2.05, 4.69) is 11.9 Å². The molecule has 0 aliphatic rings. The molecule has 0 amide bonds. The van der Waals surface area contributed by atoms with Crippen LogP contribution in [-0.4, -0.2) is 17.0 Å². The number of nitro benzene ring substituents is 1. The number of rotatable bonds is 4. The molecule has 0 saturated carbocycles. The van der Waals surface area contributed by atoms with Gasteiger partial charge in [-0.1, -0.05) is 13.3 Å². The van der Waals surface area contributed by atoms with Crippen LogP contribution in [0.3, 0.4) is 0 Å². The Balaban J connectivity index is 2.67. The summed E-state index contributed by atoms with van der Waals surface area (Å²) in [4.78, 5) is 13.6. The van der Waals surface area contributed by atoms with Crippen LogP contribution in [-0.2, 0) is 6.42 Å². The summed E-state index contributed by atoms with van der Waals surface area (Å²) in [5.74, 6) is 0.511. The van der Waals surface area contributed by atoms with Crippen LogP contribution in [0.1, 0.15) is 18.9 Å². The second-order valence-corrected chi connectivity index (χ2v) is 3.89. The lowest BCUT2D eigenvalue weighted by Crippen LogP contribution is -1.91. The molecule has 0 radical (unpaired) electrons. The van der Waals surface area contributed by atoms with Crippen molar-refractivity contribution in [3.8, 4) is 5.75 Å². The molecule has 0 aliphatic carbocycles. The number of nitrogens with zero attached hydrogens (tertiary/aromatic N) is 1. The molecule has 1 aromatic carbocycles. The van der Waals surface area contributed by atoms with Gasteiger partial charge in [0.25, 0.3) is 5.69 Å². The zero-order valence-electron chi connectivity index (χ0n) is 9.82. The van der Waals surface area contributed by atoms with E-state index in [1.807, 2.05) is 6.20 Å². The number of benzene rings is 1. The van der Waals surface area contributed by atoms with Gasteiger partial charge in [-0.2, -0.15) is 0 Å². The average molecular weight is 234 g/mol. The number of methoxy groups -OCH3 is 1. The topological polar surface area (TPSA) is 68.2 Å². The van der Waals surface area contributed by atoms with E-state index in [0.717, 1.165) is 29.3 Å². The van der Waals surface area contributed by atoms with Crippen LogP contribution in [0.4, 0.5) is 5.69 Å². The summed E-state index contributed by atoms with van der Waals surface area (Å²) in [6.07, 6.45) is 3.78. The van der Waals surface area contributed by atoms with Gasteiger partial charge in [-0.25, -0.2) is 0 Å². The van der Waals surface area contributed by atoms with Gasteiger partial charge < -0.3 is 9.72 Å². The normalized spacial score (nSPS) is 10.7. The summed E-state index contributed by atoms with van der Waals surface area (Å²) < 4.78 is 5.17. The van der Waals surface area contributed by atoms with Crippen molar-refractivity contribution < 1.29 is 9.66 Å². The molecule has 0 unspecified atom stereocenters. The van der Waals surface area contributed by atoms with Crippen LogP contribution in [0.25, 0.3) is 10.9 Å². The standard InChI is InChI=1S/C12H14N2O3/c1-3-4-8-7-13-12-10(8)5-9(14(15)16)6-11(12)17-2/h5-7,13H,3-4H2,1-2H3. The molecule has 1 heterocycles. The zero-order valence-corrected chi connectivity index (χ0v) is 9.82. The van der Waals surface area contributed by atoms with E-state index in [0.29, 0.717) is 5.75 Å². The van der Waals surface area contributed by atoms with E-state index in [1.54, 1.807) is 6.07 Å². The summed E-state index contributed by atoms with van der Waals surface area (Å²) in [6.45, 7) is 2.08. The number of nitro groups is 1. The predicted octanol–water partition coefficient (Wildman–Crippen LogP) is 3.04. The van der Waals surface area contributed by atoms with Gasteiger partial charge in [0.05, 0.1) is 23.6 Å². The number of fused-ring (bicyclic) bond motifs is 1. The first-order valence-electron chi connectivity index (χ1n) is 5.49. The number of aromatic nitrogens is 1. The van der Waals surface area contributed by atoms with Crippen molar-refractivity contribution in [2.45, 2.75) is 19.8 Å². The van der Waals surface area contributed by atoms with Gasteiger partial charge in [-0.05, 0) is 12.0 Å². The van der Waals surface area contributed by atoms with E-state index in [9.17, 15) is 10.1 Å². The third-order valence-corrected chi connectivity index (χ3v) is 2.77. The summed E-state index contributed by atoms with van der Waals surface area (Å²) in [7, 11) is 1.51. The minimum atomic E-state index is -0.398. The fraction of sp³-hybridized carbons (Fsp3) is 0.333. The Morgan fingerprint density at radius 3 is 2.82 bits per heavy atom. The van der Waals surface area contributed by atoms with Crippen molar-refractivity contribution >= 4 is 16.6 Å². The third kappa shape index (κ3) is 1.95. The number of hydrogen-bond donors (Lipinski definition) is 1. The maximum Gasteiger partial charge on any atom is 0.273 e. The first-order valence-corrected chi connectivity index (χ1v) is 5.49. The molecule has 90 valence electrons. The number of aryl methyl sites for hydroxylation is 1. The molecule has 0 fully saturated rings. The molecule has 17 heavy (non-hydrogen) atoms. The molecule has 0 saturated heterocycles. The van der Waals surface area contributed by atoms with E-state index < -0.39 is 4.92 Å². The second-order valence-electron chi connectivity index (χ2n) is 3.89. The number of non-ortho nitro benzene ring substituents is 1. The van der Waals surface area contributed by atoms with Gasteiger partial charge in [0.1, 0.15) is 5.75 Å². The Hall–Kier alpha value is -2.04. The number of aromatic amines is 1. The predicted molar refractivity (Wildman–Crippen MR) is 65.5 cm³/mol. The molecule has 1 N–H and O–H groups in total. The fourth-order valence-corrected chi connectivity index (χ4v) is 1.98. The maximum atomic E-state index is 10.8. The van der Waals surface area contributed by atoms with Crippen molar-refractivity contribution in [1.82, 2.24) is 4.98 Å². The second kappa shape index (κ2) is 4.45. The lowest BCUT2D eigenvalue weighted by molar-refractivity contribution is -0.384. The van der Waals surface area contributed by atoms with Gasteiger partial charge in [0.15, 0.2) is 0 Å². The highest BCUT2D eigenvalue weighted by Crippen LogP contribution is 2.32. The Labute approximate surface area is 98.5 Å². The minimum Gasteiger partial charge on any atom is -0.494 e.